The van der Waals surface area contributed by atoms with Crippen LogP contribution in [0.5, 0.6) is 0 Å². The molecule has 0 atom stereocenters. The Labute approximate surface area is 143 Å². The summed E-state index contributed by atoms with van der Waals surface area (Å²) in [5, 5.41) is 8.92. The highest BCUT2D eigenvalue weighted by Crippen LogP contribution is 2.26. The first kappa shape index (κ1) is 17.1. The molecule has 0 radical (unpaired) electrons. The van der Waals surface area contributed by atoms with E-state index in [1.54, 1.807) is 30.3 Å². The molecular weight excluding hydrogens is 349 g/mol. The Balaban J connectivity index is 2.00. The highest BCUT2D eigenvalue weighted by molar-refractivity contribution is 7.89. The maximum absolute atomic E-state index is 13.3. The minimum Gasteiger partial charge on any atom is -0.480 e. The number of carbonyl (C=O) groups is 1. The monoisotopic (exact) mass is 363 g/mol. The lowest BCUT2D eigenvalue weighted by atomic mass is 10.2. The van der Waals surface area contributed by atoms with Gasteiger partial charge in [-0.3, -0.25) is 4.79 Å². The van der Waals surface area contributed by atoms with Gasteiger partial charge in [-0.2, -0.15) is 4.31 Å². The summed E-state index contributed by atoms with van der Waals surface area (Å²) in [6, 6.07) is 13.4. The van der Waals surface area contributed by atoms with Crippen molar-refractivity contribution in [3.8, 4) is 0 Å². The van der Waals surface area contributed by atoms with Crippen molar-refractivity contribution in [1.82, 2.24) is 4.31 Å². The fraction of sp³-hybridized carbons (Fsp3) is 0.118. The summed E-state index contributed by atoms with van der Waals surface area (Å²) in [7, 11) is -4.21. The van der Waals surface area contributed by atoms with E-state index >= 15 is 0 Å². The summed E-state index contributed by atoms with van der Waals surface area (Å²) in [5.74, 6) is -1.81. The third-order valence-electron chi connectivity index (χ3n) is 3.56. The van der Waals surface area contributed by atoms with Gasteiger partial charge in [0.15, 0.2) is 0 Å². The number of hydrogen-bond acceptors (Lipinski definition) is 4. The second kappa shape index (κ2) is 6.66. The zero-order valence-electron chi connectivity index (χ0n) is 12.9. The number of hydrogen-bond donors (Lipinski definition) is 1. The summed E-state index contributed by atoms with van der Waals surface area (Å²) in [5.41, 5.74) is 0.837. The number of nitrogens with zero attached hydrogens (tertiary/aromatic N) is 1. The average molecular weight is 363 g/mol. The van der Waals surface area contributed by atoms with Crippen LogP contribution in [0.15, 0.2) is 64.1 Å². The molecule has 0 aliphatic rings. The van der Waals surface area contributed by atoms with Gasteiger partial charge in [-0.15, -0.1) is 0 Å². The van der Waals surface area contributed by atoms with Crippen LogP contribution in [-0.2, 0) is 21.4 Å². The fourth-order valence-corrected chi connectivity index (χ4v) is 3.73. The van der Waals surface area contributed by atoms with Crippen molar-refractivity contribution in [3.63, 3.8) is 0 Å². The molecule has 1 N–H and O–H groups in total. The highest BCUT2D eigenvalue weighted by atomic mass is 32.2. The third kappa shape index (κ3) is 3.70. The van der Waals surface area contributed by atoms with E-state index in [1.165, 1.54) is 12.1 Å². The smallest absolute Gasteiger partial charge is 0.318 e. The van der Waals surface area contributed by atoms with Crippen molar-refractivity contribution in [2.24, 2.45) is 0 Å². The minimum absolute atomic E-state index is 0.124. The Morgan fingerprint density at radius 3 is 2.52 bits per heavy atom. The van der Waals surface area contributed by atoms with Gasteiger partial charge >= 0.3 is 5.97 Å². The van der Waals surface area contributed by atoms with Crippen LogP contribution in [0.3, 0.4) is 0 Å². The van der Waals surface area contributed by atoms with Gasteiger partial charge in [0.05, 0.1) is 0 Å². The largest absolute Gasteiger partial charge is 0.480 e. The van der Waals surface area contributed by atoms with Crippen molar-refractivity contribution in [2.75, 3.05) is 6.54 Å². The molecule has 0 aliphatic heterocycles. The highest BCUT2D eigenvalue weighted by Gasteiger charge is 2.30. The number of furan rings is 1. The molecule has 0 fully saturated rings. The molecule has 0 amide bonds. The summed E-state index contributed by atoms with van der Waals surface area (Å²) in [6.45, 7) is -0.844. The quantitative estimate of drug-likeness (QED) is 0.728. The maximum atomic E-state index is 13.3. The molecule has 130 valence electrons. The Bertz CT molecular complexity index is 1010. The number of sulfonamides is 1. The van der Waals surface area contributed by atoms with Crippen LogP contribution in [0.4, 0.5) is 4.39 Å². The van der Waals surface area contributed by atoms with Gasteiger partial charge in [0.2, 0.25) is 5.09 Å². The van der Waals surface area contributed by atoms with E-state index in [-0.39, 0.29) is 17.5 Å². The molecule has 1 heterocycles. The minimum atomic E-state index is -4.21. The van der Waals surface area contributed by atoms with Gasteiger partial charge in [-0.05, 0) is 23.8 Å². The van der Waals surface area contributed by atoms with Crippen LogP contribution in [0.25, 0.3) is 11.0 Å². The second-order valence-electron chi connectivity index (χ2n) is 5.40. The normalized spacial score (nSPS) is 11.9. The maximum Gasteiger partial charge on any atom is 0.318 e. The molecule has 3 aromatic rings. The van der Waals surface area contributed by atoms with Gasteiger partial charge in [-0.25, -0.2) is 12.8 Å². The van der Waals surface area contributed by atoms with Crippen LogP contribution in [0.1, 0.15) is 5.56 Å². The molecule has 1 aromatic heterocycles. The number of carboxylic acids is 1. The number of carboxylic acid groups (broad SMARTS) is 1. The average Bonchev–Trinajstić information content (AvgIpc) is 2.98. The van der Waals surface area contributed by atoms with E-state index in [2.05, 4.69) is 0 Å². The van der Waals surface area contributed by atoms with Crippen LogP contribution < -0.4 is 0 Å². The van der Waals surface area contributed by atoms with Crippen molar-refractivity contribution in [1.29, 1.82) is 0 Å². The van der Waals surface area contributed by atoms with E-state index in [9.17, 15) is 17.6 Å². The van der Waals surface area contributed by atoms with Gasteiger partial charge in [0.1, 0.15) is 17.9 Å². The predicted octanol–water partition coefficient (Wildman–Crippen LogP) is 2.85. The summed E-state index contributed by atoms with van der Waals surface area (Å²) >= 11 is 0. The molecule has 3 rings (SSSR count). The lowest BCUT2D eigenvalue weighted by Crippen LogP contribution is -2.35. The Morgan fingerprint density at radius 1 is 1.12 bits per heavy atom. The first-order valence-electron chi connectivity index (χ1n) is 7.31. The van der Waals surface area contributed by atoms with Crippen molar-refractivity contribution < 1.29 is 27.1 Å². The molecule has 0 aliphatic carbocycles. The molecule has 0 unspecified atom stereocenters. The number of benzene rings is 2. The van der Waals surface area contributed by atoms with Gasteiger partial charge < -0.3 is 9.52 Å². The molecule has 8 heteroatoms. The zero-order valence-corrected chi connectivity index (χ0v) is 13.7. The van der Waals surface area contributed by atoms with Crippen LogP contribution >= 0.6 is 0 Å². The number of rotatable bonds is 6. The van der Waals surface area contributed by atoms with Crippen LogP contribution in [-0.4, -0.2) is 30.3 Å². The van der Waals surface area contributed by atoms with E-state index in [1.807, 2.05) is 0 Å². The number of aliphatic carboxylic acids is 1. The van der Waals surface area contributed by atoms with Gasteiger partial charge in [0, 0.05) is 18.0 Å². The molecular formula is C17H14FNO5S. The first-order chi connectivity index (χ1) is 11.9. The topological polar surface area (TPSA) is 87.8 Å². The standard InChI is InChI=1S/C17H14FNO5S/c18-14-6-7-15-13(8-14)9-17(24-15)25(22,23)19(11-16(20)21)10-12-4-2-1-3-5-12/h1-9H,10-11H2,(H,20,21). The van der Waals surface area contributed by atoms with E-state index in [4.69, 9.17) is 9.52 Å². The Kier molecular flexibility index (Phi) is 4.56. The SMILES string of the molecule is O=C(O)CN(Cc1ccccc1)S(=O)(=O)c1cc2cc(F)ccc2o1. The number of fused-ring (bicyclic) bond motifs is 1. The molecule has 25 heavy (non-hydrogen) atoms. The summed E-state index contributed by atoms with van der Waals surface area (Å²) in [4.78, 5) is 11.1. The predicted molar refractivity (Wildman–Crippen MR) is 87.8 cm³/mol. The van der Waals surface area contributed by atoms with Crippen LogP contribution in [0.2, 0.25) is 0 Å². The zero-order chi connectivity index (χ0) is 18.0. The molecule has 0 saturated heterocycles. The Hall–Kier alpha value is -2.71. The molecule has 6 nitrogen and oxygen atoms in total. The van der Waals surface area contributed by atoms with Crippen LogP contribution in [0, 0.1) is 5.82 Å². The van der Waals surface area contributed by atoms with Crippen molar-refractivity contribution in [3.05, 3.63) is 66.0 Å². The molecule has 0 bridgehead atoms. The lowest BCUT2D eigenvalue weighted by Gasteiger charge is -2.18. The van der Waals surface area contributed by atoms with Crippen molar-refractivity contribution in [2.45, 2.75) is 11.6 Å². The Morgan fingerprint density at radius 2 is 1.84 bits per heavy atom. The fourth-order valence-electron chi connectivity index (χ4n) is 2.41. The lowest BCUT2D eigenvalue weighted by molar-refractivity contribution is -0.137. The van der Waals surface area contributed by atoms with E-state index in [0.717, 1.165) is 16.4 Å². The van der Waals surface area contributed by atoms with Gasteiger partial charge in [0.25, 0.3) is 10.0 Å². The van der Waals surface area contributed by atoms with Gasteiger partial charge in [-0.1, -0.05) is 30.3 Å². The van der Waals surface area contributed by atoms with E-state index in [0.29, 0.717) is 5.56 Å². The van der Waals surface area contributed by atoms with E-state index < -0.39 is 33.4 Å². The summed E-state index contributed by atoms with van der Waals surface area (Å²) in [6.07, 6.45) is 0. The third-order valence-corrected chi connectivity index (χ3v) is 5.21. The summed E-state index contributed by atoms with van der Waals surface area (Å²) < 4.78 is 45.0. The molecule has 0 saturated carbocycles. The second-order valence-corrected chi connectivity index (χ2v) is 7.27. The molecule has 2 aromatic carbocycles. The first-order valence-corrected chi connectivity index (χ1v) is 8.75. The van der Waals surface area contributed by atoms with Crippen molar-refractivity contribution >= 4 is 27.0 Å². The number of halogens is 1. The molecule has 0 spiro atoms.